The van der Waals surface area contributed by atoms with Crippen molar-refractivity contribution in [3.8, 4) is 5.75 Å². The Labute approximate surface area is 182 Å². The number of aromatic nitrogens is 1. The lowest BCUT2D eigenvalue weighted by Gasteiger charge is -2.35. The lowest BCUT2D eigenvalue weighted by Crippen LogP contribution is -2.42. The molecule has 1 aromatic carbocycles. The summed E-state index contributed by atoms with van der Waals surface area (Å²) in [5, 5.41) is 10.7. The molecule has 2 heterocycles. The second-order valence-corrected chi connectivity index (χ2v) is 8.53. The molecule has 164 valence electrons. The van der Waals surface area contributed by atoms with E-state index in [1.165, 1.54) is 7.11 Å². The number of fused-ring (bicyclic) bond motifs is 1. The van der Waals surface area contributed by atoms with Crippen molar-refractivity contribution in [2.24, 2.45) is 11.8 Å². The van der Waals surface area contributed by atoms with E-state index in [2.05, 4.69) is 4.98 Å². The summed E-state index contributed by atoms with van der Waals surface area (Å²) in [5.41, 5.74) is 2.70. The number of esters is 1. The van der Waals surface area contributed by atoms with E-state index in [0.717, 1.165) is 11.4 Å². The monoisotopic (exact) mass is 424 g/mol. The maximum absolute atomic E-state index is 13.0. The number of rotatable bonds is 4. The van der Waals surface area contributed by atoms with Crippen LogP contribution >= 0.6 is 0 Å². The highest BCUT2D eigenvalue weighted by atomic mass is 16.5. The van der Waals surface area contributed by atoms with Gasteiger partial charge in [0.2, 0.25) is 0 Å². The van der Waals surface area contributed by atoms with Crippen LogP contribution in [0.4, 0.5) is 0 Å². The fourth-order valence-corrected chi connectivity index (χ4v) is 4.69. The highest BCUT2D eigenvalue weighted by Gasteiger charge is 2.44. The van der Waals surface area contributed by atoms with E-state index < -0.39 is 12.1 Å². The summed E-state index contributed by atoms with van der Waals surface area (Å²) >= 11 is 0. The number of benzene rings is 1. The molecule has 0 unspecified atom stereocenters. The van der Waals surface area contributed by atoms with Crippen LogP contribution in [0, 0.1) is 25.7 Å². The zero-order valence-corrected chi connectivity index (χ0v) is 18.1. The summed E-state index contributed by atoms with van der Waals surface area (Å²) in [6.45, 7) is 5.10. The fraction of sp³-hybridized carbons (Fsp3) is 0.458. The number of hydrogen-bond donors (Lipinski definition) is 1. The molecule has 0 bridgehead atoms. The van der Waals surface area contributed by atoms with Gasteiger partial charge in [0.25, 0.3) is 5.91 Å². The second kappa shape index (κ2) is 8.67. The van der Waals surface area contributed by atoms with E-state index in [1.807, 2.05) is 30.9 Å². The van der Waals surface area contributed by atoms with Crippen molar-refractivity contribution in [1.29, 1.82) is 0 Å². The van der Waals surface area contributed by atoms with E-state index in [4.69, 9.17) is 9.47 Å². The zero-order chi connectivity index (χ0) is 22.1. The Morgan fingerprint density at radius 2 is 1.65 bits per heavy atom. The first kappa shape index (κ1) is 21.3. The number of nitrogens with zero attached hydrogens (tertiary/aromatic N) is 2. The van der Waals surface area contributed by atoms with Crippen LogP contribution in [0.2, 0.25) is 0 Å². The van der Waals surface area contributed by atoms with Crippen molar-refractivity contribution < 1.29 is 24.2 Å². The molecule has 1 aliphatic carbocycles. The summed E-state index contributed by atoms with van der Waals surface area (Å²) in [6.07, 6.45) is 0.429. The lowest BCUT2D eigenvalue weighted by atomic mass is 9.78. The van der Waals surface area contributed by atoms with Crippen LogP contribution in [0.1, 0.15) is 44.9 Å². The Balaban J connectivity index is 1.41. The number of ether oxygens (including phenoxy) is 2. The summed E-state index contributed by atoms with van der Waals surface area (Å²) in [4.78, 5) is 30.9. The molecule has 2 aromatic rings. The van der Waals surface area contributed by atoms with E-state index in [0.29, 0.717) is 42.8 Å². The molecular formula is C24H28N2O5. The predicted molar refractivity (Wildman–Crippen MR) is 114 cm³/mol. The number of carbonyl (C=O) groups excluding carboxylic acids is 2. The standard InChI is InChI=1S/C24H28N2O5/c1-14-4-9-21(15(2)25-14)31-22-11-19-13-26(12-18(19)10-20(22)27)23(28)16-5-7-17(8-6-16)24(29)30-3/h4-9,18-20,22,27H,10-13H2,1-3H3/t18-,19+,20+,22+/m0/s1. The quantitative estimate of drug-likeness (QED) is 0.760. The number of likely N-dealkylation sites (tertiary alicyclic amines) is 1. The van der Waals surface area contributed by atoms with Gasteiger partial charge in [-0.3, -0.25) is 9.78 Å². The molecule has 2 aliphatic rings. The molecule has 4 atom stereocenters. The number of hydrogen-bond acceptors (Lipinski definition) is 6. The van der Waals surface area contributed by atoms with Gasteiger partial charge in [-0.2, -0.15) is 0 Å². The van der Waals surface area contributed by atoms with Crippen LogP contribution in [0.25, 0.3) is 0 Å². The largest absolute Gasteiger partial charge is 0.486 e. The molecule has 7 heteroatoms. The molecule has 1 saturated heterocycles. The molecular weight excluding hydrogens is 396 g/mol. The minimum absolute atomic E-state index is 0.0589. The summed E-state index contributed by atoms with van der Waals surface area (Å²) in [7, 11) is 1.33. The molecule has 0 radical (unpaired) electrons. The SMILES string of the molecule is COC(=O)c1ccc(C(=O)N2C[C@H]3C[C@@H](Oc4ccc(C)nc4C)[C@H](O)C[C@H]3C2)cc1. The third-order valence-corrected chi connectivity index (χ3v) is 6.38. The average Bonchev–Trinajstić information content (AvgIpc) is 3.17. The van der Waals surface area contributed by atoms with Gasteiger partial charge in [0.05, 0.1) is 24.5 Å². The van der Waals surface area contributed by atoms with E-state index in [9.17, 15) is 14.7 Å². The molecule has 1 aromatic heterocycles. The number of methoxy groups -OCH3 is 1. The smallest absolute Gasteiger partial charge is 0.337 e. The zero-order valence-electron chi connectivity index (χ0n) is 18.1. The van der Waals surface area contributed by atoms with Gasteiger partial charge in [0, 0.05) is 24.3 Å². The Hall–Kier alpha value is -2.93. The highest BCUT2D eigenvalue weighted by molar-refractivity contribution is 5.96. The predicted octanol–water partition coefficient (Wildman–Crippen LogP) is 2.78. The highest BCUT2D eigenvalue weighted by Crippen LogP contribution is 2.38. The van der Waals surface area contributed by atoms with Gasteiger partial charge < -0.3 is 19.5 Å². The fourth-order valence-electron chi connectivity index (χ4n) is 4.69. The van der Waals surface area contributed by atoms with Crippen LogP contribution in [-0.4, -0.2) is 59.3 Å². The van der Waals surface area contributed by atoms with Gasteiger partial charge in [-0.15, -0.1) is 0 Å². The van der Waals surface area contributed by atoms with Gasteiger partial charge in [-0.05, 0) is 74.9 Å². The van der Waals surface area contributed by atoms with Crippen LogP contribution in [0.15, 0.2) is 36.4 Å². The Kier molecular flexibility index (Phi) is 5.96. The third kappa shape index (κ3) is 4.42. The number of pyridine rings is 1. The van der Waals surface area contributed by atoms with Crippen molar-refractivity contribution in [2.75, 3.05) is 20.2 Å². The van der Waals surface area contributed by atoms with Crippen LogP contribution in [-0.2, 0) is 4.74 Å². The molecule has 1 N–H and O–H groups in total. The Bertz CT molecular complexity index is 974. The van der Waals surface area contributed by atoms with Gasteiger partial charge in [0.15, 0.2) is 0 Å². The number of carbonyl (C=O) groups is 2. The van der Waals surface area contributed by atoms with Crippen molar-refractivity contribution >= 4 is 11.9 Å². The molecule has 1 amide bonds. The van der Waals surface area contributed by atoms with Gasteiger partial charge in [0.1, 0.15) is 11.9 Å². The minimum Gasteiger partial charge on any atom is -0.486 e. The molecule has 7 nitrogen and oxygen atoms in total. The first-order valence-corrected chi connectivity index (χ1v) is 10.6. The number of aliphatic hydroxyl groups excluding tert-OH is 1. The number of aryl methyl sites for hydroxylation is 2. The van der Waals surface area contributed by atoms with Crippen molar-refractivity contribution in [1.82, 2.24) is 9.88 Å². The van der Waals surface area contributed by atoms with Crippen LogP contribution in [0.5, 0.6) is 5.75 Å². The Morgan fingerprint density at radius 1 is 1.00 bits per heavy atom. The summed E-state index contributed by atoms with van der Waals surface area (Å²) in [6, 6.07) is 10.3. The van der Waals surface area contributed by atoms with E-state index in [-0.39, 0.29) is 23.8 Å². The average molecular weight is 424 g/mol. The number of aliphatic hydroxyl groups is 1. The van der Waals surface area contributed by atoms with Crippen molar-refractivity contribution in [2.45, 2.75) is 38.9 Å². The van der Waals surface area contributed by atoms with Gasteiger partial charge in [-0.25, -0.2) is 4.79 Å². The van der Waals surface area contributed by atoms with Crippen LogP contribution < -0.4 is 4.74 Å². The maximum Gasteiger partial charge on any atom is 0.337 e. The Morgan fingerprint density at radius 3 is 2.29 bits per heavy atom. The molecule has 4 rings (SSSR count). The first-order valence-electron chi connectivity index (χ1n) is 10.6. The van der Waals surface area contributed by atoms with Crippen molar-refractivity contribution in [3.05, 3.63) is 58.9 Å². The normalized spacial score (nSPS) is 25.1. The molecule has 0 spiro atoms. The summed E-state index contributed by atoms with van der Waals surface area (Å²) in [5.74, 6) is 0.752. The van der Waals surface area contributed by atoms with Gasteiger partial charge >= 0.3 is 5.97 Å². The van der Waals surface area contributed by atoms with E-state index >= 15 is 0 Å². The third-order valence-electron chi connectivity index (χ3n) is 6.38. The van der Waals surface area contributed by atoms with Crippen molar-refractivity contribution in [3.63, 3.8) is 0 Å². The number of amides is 1. The summed E-state index contributed by atoms with van der Waals surface area (Å²) < 4.78 is 10.8. The minimum atomic E-state index is -0.573. The van der Waals surface area contributed by atoms with Crippen LogP contribution in [0.3, 0.4) is 0 Å². The lowest BCUT2D eigenvalue weighted by molar-refractivity contribution is -0.0236. The molecule has 2 fully saturated rings. The second-order valence-electron chi connectivity index (χ2n) is 8.53. The topological polar surface area (TPSA) is 89.0 Å². The first-order chi connectivity index (χ1) is 14.9. The molecule has 31 heavy (non-hydrogen) atoms. The maximum atomic E-state index is 13.0. The van der Waals surface area contributed by atoms with E-state index in [1.54, 1.807) is 24.3 Å². The molecule has 1 saturated carbocycles. The molecule has 1 aliphatic heterocycles. The van der Waals surface area contributed by atoms with Gasteiger partial charge in [-0.1, -0.05) is 0 Å².